The van der Waals surface area contributed by atoms with Crippen LogP contribution < -0.4 is 10.1 Å². The summed E-state index contributed by atoms with van der Waals surface area (Å²) in [5.74, 6) is -0.606. The third-order valence-electron chi connectivity index (χ3n) is 3.28. The number of aromatic nitrogens is 1. The van der Waals surface area contributed by atoms with Crippen LogP contribution in [0.2, 0.25) is 0 Å². The summed E-state index contributed by atoms with van der Waals surface area (Å²) in [5, 5.41) is 13.7. The van der Waals surface area contributed by atoms with Gasteiger partial charge in [-0.05, 0) is 37.1 Å². The number of carbonyl (C=O) groups excluding carboxylic acids is 1. The number of amides is 1. The Morgan fingerprint density at radius 3 is 2.74 bits per heavy atom. The first-order chi connectivity index (χ1) is 11.0. The first-order valence-electron chi connectivity index (χ1n) is 7.10. The molecule has 0 fully saturated rings. The van der Waals surface area contributed by atoms with Crippen molar-refractivity contribution in [2.24, 2.45) is 0 Å². The first-order valence-corrected chi connectivity index (χ1v) is 7.98. The number of carboxylic acids is 1. The van der Waals surface area contributed by atoms with Gasteiger partial charge in [0.25, 0.3) is 5.91 Å². The Kier molecular flexibility index (Phi) is 5.70. The van der Waals surface area contributed by atoms with E-state index in [1.165, 1.54) is 22.3 Å². The van der Waals surface area contributed by atoms with Crippen molar-refractivity contribution in [3.63, 3.8) is 0 Å². The predicted octanol–water partition coefficient (Wildman–Crippen LogP) is 2.20. The first kappa shape index (κ1) is 17.0. The smallest absolute Gasteiger partial charge is 0.355 e. The summed E-state index contributed by atoms with van der Waals surface area (Å²) in [6, 6.07) is 5.68. The molecule has 23 heavy (non-hydrogen) atoms. The molecule has 0 aliphatic rings. The van der Waals surface area contributed by atoms with E-state index in [4.69, 9.17) is 9.84 Å². The number of ether oxygens (including phenoxy) is 1. The molecule has 2 aromatic rings. The molecule has 2 N–H and O–H groups in total. The molecule has 1 amide bonds. The van der Waals surface area contributed by atoms with Gasteiger partial charge in [0, 0.05) is 18.3 Å². The average Bonchev–Trinajstić information content (AvgIpc) is 2.97. The minimum absolute atomic E-state index is 0.0365. The van der Waals surface area contributed by atoms with Gasteiger partial charge in [0.05, 0.1) is 5.01 Å². The summed E-state index contributed by atoms with van der Waals surface area (Å²) in [4.78, 5) is 26.4. The summed E-state index contributed by atoms with van der Waals surface area (Å²) in [7, 11) is 0. The van der Waals surface area contributed by atoms with E-state index in [9.17, 15) is 9.59 Å². The quantitative estimate of drug-likeness (QED) is 0.810. The lowest BCUT2D eigenvalue weighted by molar-refractivity contribution is -0.123. The Hall–Kier alpha value is -2.41. The van der Waals surface area contributed by atoms with Gasteiger partial charge >= 0.3 is 5.97 Å². The number of aryl methyl sites for hydroxylation is 2. The zero-order chi connectivity index (χ0) is 16.8. The van der Waals surface area contributed by atoms with Gasteiger partial charge in [-0.3, -0.25) is 4.79 Å². The van der Waals surface area contributed by atoms with Crippen molar-refractivity contribution in [2.45, 2.75) is 20.3 Å². The zero-order valence-corrected chi connectivity index (χ0v) is 13.8. The molecule has 0 aliphatic heterocycles. The highest BCUT2D eigenvalue weighted by atomic mass is 32.1. The fraction of sp³-hybridized carbons (Fsp3) is 0.312. The van der Waals surface area contributed by atoms with E-state index in [0.717, 1.165) is 5.56 Å². The maximum atomic E-state index is 11.7. The van der Waals surface area contributed by atoms with Crippen molar-refractivity contribution in [3.8, 4) is 5.75 Å². The number of carbonyl (C=O) groups is 2. The van der Waals surface area contributed by atoms with Crippen molar-refractivity contribution in [3.05, 3.63) is 45.4 Å². The van der Waals surface area contributed by atoms with E-state index >= 15 is 0 Å². The number of benzene rings is 1. The van der Waals surface area contributed by atoms with Gasteiger partial charge in [-0.25, -0.2) is 9.78 Å². The van der Waals surface area contributed by atoms with Gasteiger partial charge in [0.15, 0.2) is 12.3 Å². The monoisotopic (exact) mass is 334 g/mol. The minimum atomic E-state index is -1.04. The number of nitrogens with zero attached hydrogens (tertiary/aromatic N) is 1. The number of hydrogen-bond donors (Lipinski definition) is 2. The highest BCUT2D eigenvalue weighted by Crippen LogP contribution is 2.16. The number of rotatable bonds is 7. The summed E-state index contributed by atoms with van der Waals surface area (Å²) < 4.78 is 5.44. The normalized spacial score (nSPS) is 10.3. The fourth-order valence-corrected chi connectivity index (χ4v) is 2.61. The number of carboxylic acid groups (broad SMARTS) is 1. The van der Waals surface area contributed by atoms with Gasteiger partial charge in [-0.1, -0.05) is 6.07 Å². The third-order valence-corrected chi connectivity index (χ3v) is 4.19. The summed E-state index contributed by atoms with van der Waals surface area (Å²) >= 11 is 1.27. The largest absolute Gasteiger partial charge is 0.484 e. The third kappa shape index (κ3) is 5.07. The van der Waals surface area contributed by atoms with Crippen LogP contribution in [0.1, 0.15) is 26.6 Å². The number of thiazole rings is 1. The maximum absolute atomic E-state index is 11.7. The molecule has 0 radical (unpaired) electrons. The van der Waals surface area contributed by atoms with Crippen molar-refractivity contribution in [1.29, 1.82) is 0 Å². The van der Waals surface area contributed by atoms with Crippen LogP contribution in [0.15, 0.2) is 23.6 Å². The Labute approximate surface area is 138 Å². The molecule has 0 atom stereocenters. The molecular formula is C16H18N2O4S. The average molecular weight is 334 g/mol. The van der Waals surface area contributed by atoms with E-state index in [0.29, 0.717) is 23.7 Å². The number of hydrogen-bond acceptors (Lipinski definition) is 5. The molecule has 0 aliphatic carbocycles. The summed E-state index contributed by atoms with van der Waals surface area (Å²) in [6.07, 6.45) is 0.493. The molecule has 2 rings (SSSR count). The zero-order valence-electron chi connectivity index (χ0n) is 13.0. The lowest BCUT2D eigenvalue weighted by atomic mass is 10.1. The van der Waals surface area contributed by atoms with Gasteiger partial charge in [-0.2, -0.15) is 0 Å². The molecule has 7 heteroatoms. The maximum Gasteiger partial charge on any atom is 0.355 e. The predicted molar refractivity (Wildman–Crippen MR) is 87.2 cm³/mol. The second-order valence-corrected chi connectivity index (χ2v) is 6.01. The van der Waals surface area contributed by atoms with Crippen LogP contribution in [0.3, 0.4) is 0 Å². The van der Waals surface area contributed by atoms with Gasteiger partial charge in [0.2, 0.25) is 0 Å². The van der Waals surface area contributed by atoms with Crippen molar-refractivity contribution < 1.29 is 19.4 Å². The molecule has 0 bridgehead atoms. The fourth-order valence-electron chi connectivity index (χ4n) is 1.84. The van der Waals surface area contributed by atoms with E-state index in [1.807, 2.05) is 32.0 Å². The Balaban J connectivity index is 1.72. The van der Waals surface area contributed by atoms with E-state index < -0.39 is 5.97 Å². The number of aromatic carboxylic acids is 1. The standard InChI is InChI=1S/C16H18N2O4S/c1-10-3-4-12(7-11(10)2)22-8-14(19)17-6-5-15-18-13(9-23-15)16(20)21/h3-4,7,9H,5-6,8H2,1-2H3,(H,17,19)(H,20,21). The second kappa shape index (κ2) is 7.73. The van der Waals surface area contributed by atoms with Crippen molar-refractivity contribution >= 4 is 23.2 Å². The van der Waals surface area contributed by atoms with Crippen LogP contribution in [0.5, 0.6) is 5.75 Å². The van der Waals surface area contributed by atoms with Crippen LogP contribution >= 0.6 is 11.3 Å². The Bertz CT molecular complexity index is 712. The second-order valence-electron chi connectivity index (χ2n) is 5.07. The molecule has 1 aromatic carbocycles. The highest BCUT2D eigenvalue weighted by Gasteiger charge is 2.09. The lowest BCUT2D eigenvalue weighted by Crippen LogP contribution is -2.30. The topological polar surface area (TPSA) is 88.5 Å². The SMILES string of the molecule is Cc1ccc(OCC(=O)NCCc2nc(C(=O)O)cs2)cc1C. The molecular weight excluding hydrogens is 316 g/mol. The molecule has 0 unspecified atom stereocenters. The molecule has 1 heterocycles. The number of nitrogens with one attached hydrogen (secondary N) is 1. The highest BCUT2D eigenvalue weighted by molar-refractivity contribution is 7.09. The van der Waals surface area contributed by atoms with Crippen molar-refractivity contribution in [1.82, 2.24) is 10.3 Å². The van der Waals surface area contributed by atoms with Crippen molar-refractivity contribution in [2.75, 3.05) is 13.2 Å². The molecule has 1 aromatic heterocycles. The van der Waals surface area contributed by atoms with E-state index in [-0.39, 0.29) is 18.2 Å². The molecule has 6 nitrogen and oxygen atoms in total. The lowest BCUT2D eigenvalue weighted by Gasteiger charge is -2.08. The molecule has 0 spiro atoms. The minimum Gasteiger partial charge on any atom is -0.484 e. The van der Waals surface area contributed by atoms with Crippen LogP contribution in [0.25, 0.3) is 0 Å². The Morgan fingerprint density at radius 2 is 2.09 bits per heavy atom. The molecule has 0 saturated heterocycles. The van der Waals surface area contributed by atoms with Crippen LogP contribution in [0, 0.1) is 13.8 Å². The van der Waals surface area contributed by atoms with Crippen LogP contribution in [-0.4, -0.2) is 35.1 Å². The van der Waals surface area contributed by atoms with Gasteiger partial charge < -0.3 is 15.2 Å². The van der Waals surface area contributed by atoms with E-state index in [2.05, 4.69) is 10.3 Å². The van der Waals surface area contributed by atoms with Crippen LogP contribution in [-0.2, 0) is 11.2 Å². The Morgan fingerprint density at radius 1 is 1.30 bits per heavy atom. The summed E-state index contributed by atoms with van der Waals surface area (Å²) in [6.45, 7) is 4.34. The van der Waals surface area contributed by atoms with E-state index in [1.54, 1.807) is 0 Å². The molecule has 0 saturated carbocycles. The van der Waals surface area contributed by atoms with Gasteiger partial charge in [-0.15, -0.1) is 11.3 Å². The summed E-state index contributed by atoms with van der Waals surface area (Å²) in [5.41, 5.74) is 2.32. The van der Waals surface area contributed by atoms with Crippen LogP contribution in [0.4, 0.5) is 0 Å². The molecule has 122 valence electrons. The van der Waals surface area contributed by atoms with Gasteiger partial charge in [0.1, 0.15) is 5.75 Å².